The summed E-state index contributed by atoms with van der Waals surface area (Å²) in [5.74, 6) is 0.262. The maximum Gasteiger partial charge on any atom is 0.223 e. The molecule has 0 atom stereocenters. The minimum atomic E-state index is 0.262. The van der Waals surface area contributed by atoms with E-state index >= 15 is 0 Å². The van der Waals surface area contributed by atoms with Gasteiger partial charge in [0, 0.05) is 24.3 Å². The summed E-state index contributed by atoms with van der Waals surface area (Å²) < 4.78 is 0. The van der Waals surface area contributed by atoms with Crippen LogP contribution in [0.3, 0.4) is 0 Å². The van der Waals surface area contributed by atoms with Gasteiger partial charge in [0.25, 0.3) is 0 Å². The Bertz CT molecular complexity index is 403. The van der Waals surface area contributed by atoms with E-state index in [4.69, 9.17) is 0 Å². The Balaban J connectivity index is 2.52. The zero-order valence-corrected chi connectivity index (χ0v) is 13.7. The molecular weight excluding hydrogens is 302 g/mol. The van der Waals surface area contributed by atoms with Gasteiger partial charge in [-0.05, 0) is 39.2 Å². The first kappa shape index (κ1) is 16.2. The van der Waals surface area contributed by atoms with Gasteiger partial charge in [-0.25, -0.2) is 0 Å². The van der Waals surface area contributed by atoms with Crippen LogP contribution in [0.25, 0.3) is 0 Å². The number of nitrogens with zero attached hydrogens (tertiary/aromatic N) is 1. The molecule has 106 valence electrons. The quantitative estimate of drug-likeness (QED) is 0.695. The molecule has 0 saturated heterocycles. The highest BCUT2D eigenvalue weighted by Gasteiger charge is 2.15. The maximum absolute atomic E-state index is 12.3. The van der Waals surface area contributed by atoms with Crippen molar-refractivity contribution in [3.8, 4) is 0 Å². The molecule has 0 heterocycles. The Morgan fingerprint density at radius 2 is 2.11 bits per heavy atom. The van der Waals surface area contributed by atoms with E-state index < -0.39 is 0 Å². The second kappa shape index (κ2) is 8.36. The van der Waals surface area contributed by atoms with Gasteiger partial charge in [0.15, 0.2) is 0 Å². The number of halogens is 1. The highest BCUT2D eigenvalue weighted by Crippen LogP contribution is 2.10. The molecule has 1 aromatic carbocycles. The van der Waals surface area contributed by atoms with Gasteiger partial charge >= 0.3 is 0 Å². The van der Waals surface area contributed by atoms with Gasteiger partial charge < -0.3 is 4.90 Å². The highest BCUT2D eigenvalue weighted by molar-refractivity contribution is 9.09. The number of carbonyl (C=O) groups excluding carboxylic acids is 1. The normalized spacial score (nSPS) is 10.8. The lowest BCUT2D eigenvalue weighted by atomic mass is 10.1. The molecular formula is C16H24BrNO. The molecule has 1 aromatic rings. The van der Waals surface area contributed by atoms with Gasteiger partial charge in [0.05, 0.1) is 0 Å². The predicted octanol–water partition coefficient (Wildman–Crippen LogP) is 3.95. The van der Waals surface area contributed by atoms with Crippen LogP contribution < -0.4 is 0 Å². The van der Waals surface area contributed by atoms with E-state index in [1.54, 1.807) is 0 Å². The van der Waals surface area contributed by atoms with E-state index in [2.05, 4.69) is 61.0 Å². The molecule has 0 saturated carbocycles. The Kier molecular flexibility index (Phi) is 7.14. The summed E-state index contributed by atoms with van der Waals surface area (Å²) in [6.07, 6.45) is 2.44. The summed E-state index contributed by atoms with van der Waals surface area (Å²) >= 11 is 3.42. The number of benzene rings is 1. The third-order valence-corrected chi connectivity index (χ3v) is 3.75. The van der Waals surface area contributed by atoms with Crippen LogP contribution >= 0.6 is 15.9 Å². The fraction of sp³-hybridized carbons (Fsp3) is 0.562. The summed E-state index contributed by atoms with van der Waals surface area (Å²) in [4.78, 5) is 14.2. The lowest BCUT2D eigenvalue weighted by molar-refractivity contribution is -0.132. The molecule has 0 radical (unpaired) electrons. The third kappa shape index (κ3) is 5.77. The van der Waals surface area contributed by atoms with Crippen LogP contribution in [0.5, 0.6) is 0 Å². The van der Waals surface area contributed by atoms with Crippen LogP contribution in [0.1, 0.15) is 37.8 Å². The maximum atomic E-state index is 12.3. The van der Waals surface area contributed by atoms with Gasteiger partial charge in [-0.1, -0.05) is 45.8 Å². The minimum absolute atomic E-state index is 0.262. The minimum Gasteiger partial charge on any atom is -0.340 e. The van der Waals surface area contributed by atoms with Gasteiger partial charge in [0.2, 0.25) is 5.91 Å². The van der Waals surface area contributed by atoms with Crippen molar-refractivity contribution in [1.29, 1.82) is 0 Å². The van der Waals surface area contributed by atoms with Crippen LogP contribution in [0.2, 0.25) is 0 Å². The summed E-state index contributed by atoms with van der Waals surface area (Å²) in [6, 6.07) is 8.68. The monoisotopic (exact) mass is 325 g/mol. The van der Waals surface area contributed by atoms with Crippen molar-refractivity contribution in [3.63, 3.8) is 0 Å². The fourth-order valence-corrected chi connectivity index (χ4v) is 2.41. The van der Waals surface area contributed by atoms with Gasteiger partial charge in [-0.3, -0.25) is 4.79 Å². The van der Waals surface area contributed by atoms with Crippen LogP contribution in [-0.4, -0.2) is 28.7 Å². The predicted molar refractivity (Wildman–Crippen MR) is 84.8 cm³/mol. The lowest BCUT2D eigenvalue weighted by Gasteiger charge is -2.26. The molecule has 1 amide bonds. The number of alkyl halides is 1. The molecule has 0 aliphatic carbocycles. The molecule has 0 bridgehead atoms. The lowest BCUT2D eigenvalue weighted by Crippen LogP contribution is -2.38. The van der Waals surface area contributed by atoms with Crippen molar-refractivity contribution in [2.75, 3.05) is 11.9 Å². The fourth-order valence-electron chi connectivity index (χ4n) is 2.16. The standard InChI is InChI=1S/C16H24BrNO/c1-13(2)18(11-5-10-17)16(19)9-8-15-7-4-6-14(3)12-15/h4,6-7,12-13H,5,8-11H2,1-3H3. The number of hydrogen-bond acceptors (Lipinski definition) is 1. The van der Waals surface area contributed by atoms with Crippen molar-refractivity contribution < 1.29 is 4.79 Å². The molecule has 0 aliphatic rings. The number of hydrogen-bond donors (Lipinski definition) is 0. The molecule has 0 fully saturated rings. The summed E-state index contributed by atoms with van der Waals surface area (Å²) in [6.45, 7) is 7.09. The average Bonchev–Trinajstić information content (AvgIpc) is 2.36. The van der Waals surface area contributed by atoms with Gasteiger partial charge in [-0.15, -0.1) is 0 Å². The second-order valence-corrected chi connectivity index (χ2v) is 6.01. The molecule has 0 aliphatic heterocycles. The van der Waals surface area contributed by atoms with Crippen LogP contribution in [-0.2, 0) is 11.2 Å². The molecule has 0 aromatic heterocycles. The van der Waals surface area contributed by atoms with E-state index in [-0.39, 0.29) is 11.9 Å². The van der Waals surface area contributed by atoms with Crippen molar-refractivity contribution in [2.45, 2.75) is 46.1 Å². The Hall–Kier alpha value is -0.830. The van der Waals surface area contributed by atoms with E-state index in [0.29, 0.717) is 6.42 Å². The smallest absolute Gasteiger partial charge is 0.223 e. The third-order valence-electron chi connectivity index (χ3n) is 3.19. The molecule has 19 heavy (non-hydrogen) atoms. The van der Waals surface area contributed by atoms with Crippen molar-refractivity contribution >= 4 is 21.8 Å². The molecule has 1 rings (SSSR count). The number of carbonyl (C=O) groups is 1. The average molecular weight is 326 g/mol. The van der Waals surface area contributed by atoms with Crippen LogP contribution in [0.15, 0.2) is 24.3 Å². The molecule has 2 nitrogen and oxygen atoms in total. The Morgan fingerprint density at radius 1 is 1.37 bits per heavy atom. The Labute approximate surface area is 125 Å². The first-order valence-electron chi connectivity index (χ1n) is 6.95. The van der Waals surface area contributed by atoms with Crippen LogP contribution in [0, 0.1) is 6.92 Å². The molecule has 0 N–H and O–H groups in total. The summed E-state index contributed by atoms with van der Waals surface area (Å²) in [7, 11) is 0. The van der Waals surface area contributed by atoms with Crippen molar-refractivity contribution in [3.05, 3.63) is 35.4 Å². The molecule has 0 unspecified atom stereocenters. The van der Waals surface area contributed by atoms with E-state index in [9.17, 15) is 4.79 Å². The second-order valence-electron chi connectivity index (χ2n) is 5.21. The first-order valence-corrected chi connectivity index (χ1v) is 8.07. The zero-order chi connectivity index (χ0) is 14.3. The SMILES string of the molecule is Cc1cccc(CCC(=O)N(CCCBr)C(C)C)c1. The van der Waals surface area contributed by atoms with E-state index in [1.165, 1.54) is 11.1 Å². The summed E-state index contributed by atoms with van der Waals surface area (Å²) in [5.41, 5.74) is 2.50. The molecule has 0 spiro atoms. The van der Waals surface area contributed by atoms with Gasteiger partial charge in [-0.2, -0.15) is 0 Å². The van der Waals surface area contributed by atoms with Crippen molar-refractivity contribution in [1.82, 2.24) is 4.90 Å². The van der Waals surface area contributed by atoms with Crippen LogP contribution in [0.4, 0.5) is 0 Å². The number of amides is 1. The van der Waals surface area contributed by atoms with E-state index in [0.717, 1.165) is 24.7 Å². The van der Waals surface area contributed by atoms with Gasteiger partial charge in [0.1, 0.15) is 0 Å². The Morgan fingerprint density at radius 3 is 2.68 bits per heavy atom. The number of rotatable bonds is 7. The molecule has 3 heteroatoms. The number of aryl methyl sites for hydroxylation is 2. The highest BCUT2D eigenvalue weighted by atomic mass is 79.9. The first-order chi connectivity index (χ1) is 9.04. The van der Waals surface area contributed by atoms with E-state index in [1.807, 2.05) is 4.90 Å². The summed E-state index contributed by atoms with van der Waals surface area (Å²) in [5, 5.41) is 0.946. The van der Waals surface area contributed by atoms with Crippen molar-refractivity contribution in [2.24, 2.45) is 0 Å². The topological polar surface area (TPSA) is 20.3 Å². The zero-order valence-electron chi connectivity index (χ0n) is 12.2. The largest absolute Gasteiger partial charge is 0.340 e.